The molecule has 0 radical (unpaired) electrons. The van der Waals surface area contributed by atoms with Gasteiger partial charge in [-0.05, 0) is 44.5 Å². The van der Waals surface area contributed by atoms with E-state index in [1.807, 2.05) is 31.3 Å². The second-order valence-electron chi connectivity index (χ2n) is 4.53. The summed E-state index contributed by atoms with van der Waals surface area (Å²) in [6, 6.07) is 8.39. The lowest BCUT2D eigenvalue weighted by Crippen LogP contribution is -2.35. The van der Waals surface area contributed by atoms with Gasteiger partial charge < -0.3 is 5.32 Å². The van der Waals surface area contributed by atoms with E-state index in [0.29, 0.717) is 11.3 Å². The van der Waals surface area contributed by atoms with Gasteiger partial charge in [-0.25, -0.2) is 0 Å². The molecule has 3 unspecified atom stereocenters. The van der Waals surface area contributed by atoms with E-state index in [4.69, 9.17) is 0 Å². The molecule has 3 atom stereocenters. The van der Waals surface area contributed by atoms with Crippen LogP contribution in [0.5, 0.6) is 0 Å². The molecule has 1 saturated carbocycles. The number of nitrogens with one attached hydrogen (secondary N) is 1. The van der Waals surface area contributed by atoms with E-state index < -0.39 is 10.8 Å². The molecule has 1 aromatic rings. The van der Waals surface area contributed by atoms with Crippen molar-refractivity contribution in [3.8, 4) is 0 Å². The van der Waals surface area contributed by atoms with Crippen LogP contribution in [0.25, 0.3) is 0 Å². The highest BCUT2D eigenvalue weighted by Crippen LogP contribution is 2.27. The number of hydrogen-bond donors (Lipinski definition) is 1. The van der Waals surface area contributed by atoms with Crippen LogP contribution in [0.15, 0.2) is 33.6 Å². The largest absolute Gasteiger partial charge is 0.317 e. The Morgan fingerprint density at radius 3 is 2.94 bits per heavy atom. The molecule has 2 nitrogen and oxygen atoms in total. The molecular weight excluding hydrogens is 298 g/mol. The highest BCUT2D eigenvalue weighted by Gasteiger charge is 2.26. The zero-order valence-corrected chi connectivity index (χ0v) is 12.4. The van der Waals surface area contributed by atoms with Crippen LogP contribution in [0.2, 0.25) is 0 Å². The van der Waals surface area contributed by atoms with Crippen molar-refractivity contribution >= 4 is 26.7 Å². The van der Waals surface area contributed by atoms with Crippen molar-refractivity contribution in [1.29, 1.82) is 0 Å². The van der Waals surface area contributed by atoms with Gasteiger partial charge >= 0.3 is 0 Å². The summed E-state index contributed by atoms with van der Waals surface area (Å²) < 4.78 is 13.5. The monoisotopic (exact) mass is 315 g/mol. The summed E-state index contributed by atoms with van der Waals surface area (Å²) in [7, 11) is 1.12. The van der Waals surface area contributed by atoms with Crippen LogP contribution in [-0.2, 0) is 10.8 Å². The molecule has 0 bridgehead atoms. The van der Waals surface area contributed by atoms with Gasteiger partial charge in [0.05, 0.1) is 10.8 Å². The van der Waals surface area contributed by atoms with Crippen molar-refractivity contribution in [2.45, 2.75) is 41.9 Å². The third kappa shape index (κ3) is 3.39. The summed E-state index contributed by atoms with van der Waals surface area (Å²) >= 11 is 3.43. The summed E-state index contributed by atoms with van der Waals surface area (Å²) in [6.45, 7) is 0. The molecule has 0 heterocycles. The minimum absolute atomic E-state index is 0.301. The van der Waals surface area contributed by atoms with Gasteiger partial charge in [0.25, 0.3) is 0 Å². The molecule has 2 rings (SSSR count). The minimum Gasteiger partial charge on any atom is -0.317 e. The van der Waals surface area contributed by atoms with E-state index in [-0.39, 0.29) is 0 Å². The fraction of sp³-hybridized carbons (Fsp3) is 0.538. The van der Waals surface area contributed by atoms with Gasteiger partial charge in [-0.1, -0.05) is 28.4 Å². The zero-order valence-electron chi connectivity index (χ0n) is 9.99. The third-order valence-corrected chi connectivity index (χ3v) is 5.61. The molecule has 1 aliphatic rings. The lowest BCUT2D eigenvalue weighted by molar-refractivity contribution is 0.398. The van der Waals surface area contributed by atoms with E-state index in [1.165, 1.54) is 12.8 Å². The molecule has 0 spiro atoms. The summed E-state index contributed by atoms with van der Waals surface area (Å²) in [5.74, 6) is 0. The molecule has 1 aromatic carbocycles. The minimum atomic E-state index is -0.872. The van der Waals surface area contributed by atoms with Gasteiger partial charge in [0.15, 0.2) is 0 Å². The van der Waals surface area contributed by atoms with E-state index in [2.05, 4.69) is 21.2 Å². The van der Waals surface area contributed by atoms with Gasteiger partial charge in [0.2, 0.25) is 0 Å². The van der Waals surface area contributed by atoms with Crippen molar-refractivity contribution in [3.05, 3.63) is 28.7 Å². The first-order chi connectivity index (χ1) is 8.20. The van der Waals surface area contributed by atoms with Crippen LogP contribution in [0.4, 0.5) is 0 Å². The Labute approximate surface area is 114 Å². The molecular formula is C13H18BrNOS. The summed E-state index contributed by atoms with van der Waals surface area (Å²) in [5.41, 5.74) is 0. The normalized spacial score (nSPS) is 26.7. The van der Waals surface area contributed by atoms with Crippen LogP contribution in [0.1, 0.15) is 25.7 Å². The molecule has 0 amide bonds. The van der Waals surface area contributed by atoms with Crippen LogP contribution in [0.3, 0.4) is 0 Å². The fourth-order valence-electron chi connectivity index (χ4n) is 2.39. The Hall–Kier alpha value is -0.190. The standard InChI is InChI=1S/C13H18BrNOS/c1-15-11-5-3-7-13(9-11)17(16)12-6-2-4-10(14)8-12/h2,4,6,8,11,13,15H,3,5,7,9H2,1H3. The number of halogens is 1. The molecule has 1 aliphatic carbocycles. The van der Waals surface area contributed by atoms with Gasteiger partial charge in [-0.15, -0.1) is 0 Å². The zero-order chi connectivity index (χ0) is 12.3. The Morgan fingerprint density at radius 2 is 2.24 bits per heavy atom. The maximum absolute atomic E-state index is 12.5. The lowest BCUT2D eigenvalue weighted by atomic mass is 9.95. The molecule has 94 valence electrons. The number of hydrogen-bond acceptors (Lipinski definition) is 2. The Kier molecular flexibility index (Phi) is 4.77. The first-order valence-electron chi connectivity index (χ1n) is 6.04. The second kappa shape index (κ2) is 6.12. The average molecular weight is 316 g/mol. The van der Waals surface area contributed by atoms with Gasteiger partial charge in [-0.3, -0.25) is 4.21 Å². The first kappa shape index (κ1) is 13.2. The van der Waals surface area contributed by atoms with Gasteiger partial charge in [-0.2, -0.15) is 0 Å². The van der Waals surface area contributed by atoms with Crippen LogP contribution < -0.4 is 5.32 Å². The van der Waals surface area contributed by atoms with E-state index in [0.717, 1.165) is 22.2 Å². The van der Waals surface area contributed by atoms with Crippen molar-refractivity contribution in [3.63, 3.8) is 0 Å². The smallest absolute Gasteiger partial charge is 0.0561 e. The fourth-order valence-corrected chi connectivity index (χ4v) is 4.57. The van der Waals surface area contributed by atoms with E-state index in [1.54, 1.807) is 0 Å². The van der Waals surface area contributed by atoms with Crippen molar-refractivity contribution in [1.82, 2.24) is 5.32 Å². The molecule has 1 N–H and O–H groups in total. The number of rotatable bonds is 3. The topological polar surface area (TPSA) is 29.1 Å². The predicted octanol–water partition coefficient (Wildman–Crippen LogP) is 3.09. The van der Waals surface area contributed by atoms with Crippen molar-refractivity contribution in [2.75, 3.05) is 7.05 Å². The summed E-state index contributed by atoms with van der Waals surface area (Å²) in [5, 5.41) is 3.61. The Bertz CT molecular complexity index is 410. The highest BCUT2D eigenvalue weighted by molar-refractivity contribution is 9.10. The molecule has 0 aliphatic heterocycles. The molecule has 0 saturated heterocycles. The highest BCUT2D eigenvalue weighted by atomic mass is 79.9. The van der Waals surface area contributed by atoms with Crippen molar-refractivity contribution in [2.24, 2.45) is 0 Å². The predicted molar refractivity (Wildman–Crippen MR) is 75.7 cm³/mol. The number of benzene rings is 1. The van der Waals surface area contributed by atoms with E-state index in [9.17, 15) is 4.21 Å². The molecule has 1 fully saturated rings. The van der Waals surface area contributed by atoms with Crippen molar-refractivity contribution < 1.29 is 4.21 Å². The molecule has 4 heteroatoms. The second-order valence-corrected chi connectivity index (χ2v) is 7.18. The van der Waals surface area contributed by atoms with E-state index >= 15 is 0 Å². The van der Waals surface area contributed by atoms with Gasteiger partial charge in [0.1, 0.15) is 0 Å². The first-order valence-corrected chi connectivity index (χ1v) is 8.04. The van der Waals surface area contributed by atoms with Gasteiger partial charge in [0, 0.05) is 20.7 Å². The summed E-state index contributed by atoms with van der Waals surface area (Å²) in [4.78, 5) is 0.945. The molecule has 17 heavy (non-hydrogen) atoms. The Balaban J connectivity index is 2.09. The SMILES string of the molecule is CNC1CCCC(S(=O)c2cccc(Br)c2)C1. The van der Waals surface area contributed by atoms with Crippen LogP contribution in [0, 0.1) is 0 Å². The quantitative estimate of drug-likeness (QED) is 0.928. The maximum Gasteiger partial charge on any atom is 0.0561 e. The van der Waals surface area contributed by atoms with Crippen LogP contribution >= 0.6 is 15.9 Å². The lowest BCUT2D eigenvalue weighted by Gasteiger charge is -2.28. The molecule has 0 aromatic heterocycles. The van der Waals surface area contributed by atoms with Crippen LogP contribution in [-0.4, -0.2) is 22.5 Å². The average Bonchev–Trinajstić information content (AvgIpc) is 2.38. The maximum atomic E-state index is 12.5. The third-order valence-electron chi connectivity index (χ3n) is 3.37. The summed E-state index contributed by atoms with van der Waals surface area (Å²) in [6.07, 6.45) is 4.49. The Morgan fingerprint density at radius 1 is 1.41 bits per heavy atom.